The number of hydrogen-bond donors (Lipinski definition) is 0. The third-order valence-corrected chi connectivity index (χ3v) is 4.94. The summed E-state index contributed by atoms with van der Waals surface area (Å²) in [5, 5.41) is 1.09. The average molecular weight is 388 g/mol. The summed E-state index contributed by atoms with van der Waals surface area (Å²) in [4.78, 5) is 13.7. The highest BCUT2D eigenvalue weighted by molar-refractivity contribution is 9.09. The average Bonchev–Trinajstić information content (AvgIpc) is 2.48. The molecule has 4 heteroatoms. The van der Waals surface area contributed by atoms with Crippen molar-refractivity contribution < 1.29 is 9.53 Å². The van der Waals surface area contributed by atoms with Gasteiger partial charge in [0.2, 0.25) is 0 Å². The summed E-state index contributed by atoms with van der Waals surface area (Å²) in [6.45, 7) is 6.52. The predicted molar refractivity (Wildman–Crippen MR) is 101 cm³/mol. The Morgan fingerprint density at radius 1 is 1.26 bits per heavy atom. The fourth-order valence-corrected chi connectivity index (χ4v) is 3.28. The zero-order valence-corrected chi connectivity index (χ0v) is 16.9. The molecule has 0 aromatic rings. The summed E-state index contributed by atoms with van der Waals surface area (Å²) in [5.74, 6) is 1.53. The normalized spacial score (nSPS) is 22.3. The molecule has 0 aromatic carbocycles. The van der Waals surface area contributed by atoms with Gasteiger partial charge in [-0.3, -0.25) is 0 Å². The van der Waals surface area contributed by atoms with Gasteiger partial charge in [-0.25, -0.2) is 4.79 Å². The first-order valence-corrected chi connectivity index (χ1v) is 10.1. The molecule has 0 radical (unpaired) electrons. The minimum atomic E-state index is -0.412. The highest BCUT2D eigenvalue weighted by atomic mass is 79.9. The molecule has 0 unspecified atom stereocenters. The molecular formula is C19H34BrNO2. The standard InChI is InChI=1S/C19H34BrNO2/c1-19(2,3)23-18(22)21(4)15-13-17-11-9-16(10-12-17)8-6-5-7-14-20/h6,8,16-17H,5,7,9-15H2,1-4H3/b8-6-. The summed E-state index contributed by atoms with van der Waals surface area (Å²) < 4.78 is 5.40. The van der Waals surface area contributed by atoms with E-state index in [-0.39, 0.29) is 6.09 Å². The number of ether oxygens (including phenoxy) is 1. The van der Waals surface area contributed by atoms with Crippen LogP contribution >= 0.6 is 15.9 Å². The smallest absolute Gasteiger partial charge is 0.410 e. The van der Waals surface area contributed by atoms with Crippen LogP contribution in [0.1, 0.15) is 65.7 Å². The van der Waals surface area contributed by atoms with Gasteiger partial charge in [0.1, 0.15) is 5.60 Å². The van der Waals surface area contributed by atoms with E-state index >= 15 is 0 Å². The van der Waals surface area contributed by atoms with Gasteiger partial charge < -0.3 is 9.64 Å². The number of nitrogens with zero attached hydrogens (tertiary/aromatic N) is 1. The van der Waals surface area contributed by atoms with Gasteiger partial charge in [0.05, 0.1) is 0 Å². The zero-order valence-electron chi connectivity index (χ0n) is 15.3. The third-order valence-electron chi connectivity index (χ3n) is 4.38. The molecule has 23 heavy (non-hydrogen) atoms. The molecule has 0 aliphatic heterocycles. The second-order valence-electron chi connectivity index (χ2n) is 7.73. The molecule has 0 saturated heterocycles. The van der Waals surface area contributed by atoms with Gasteiger partial charge in [0.25, 0.3) is 0 Å². The predicted octanol–water partition coefficient (Wildman–Crippen LogP) is 5.78. The van der Waals surface area contributed by atoms with Gasteiger partial charge >= 0.3 is 6.09 Å². The van der Waals surface area contributed by atoms with E-state index in [0.717, 1.165) is 30.1 Å². The van der Waals surface area contributed by atoms with Gasteiger partial charge in [-0.05, 0) is 77.6 Å². The largest absolute Gasteiger partial charge is 0.444 e. The lowest BCUT2D eigenvalue weighted by molar-refractivity contribution is 0.0287. The van der Waals surface area contributed by atoms with Crippen LogP contribution in [-0.2, 0) is 4.74 Å². The Hall–Kier alpha value is -0.510. The summed E-state index contributed by atoms with van der Waals surface area (Å²) in [7, 11) is 1.84. The Bertz CT molecular complexity index is 368. The van der Waals surface area contributed by atoms with Crippen LogP contribution in [0.15, 0.2) is 12.2 Å². The Balaban J connectivity index is 2.21. The molecule has 1 fully saturated rings. The van der Waals surface area contributed by atoms with Crippen molar-refractivity contribution in [3.05, 3.63) is 12.2 Å². The lowest BCUT2D eigenvalue weighted by Gasteiger charge is -2.29. The van der Waals surface area contributed by atoms with Crippen molar-refractivity contribution in [2.75, 3.05) is 18.9 Å². The molecule has 0 aromatic heterocycles. The number of alkyl halides is 1. The molecule has 1 amide bonds. The van der Waals surface area contributed by atoms with Crippen LogP contribution in [0.2, 0.25) is 0 Å². The minimum Gasteiger partial charge on any atom is -0.444 e. The minimum absolute atomic E-state index is 0.207. The molecule has 1 aliphatic rings. The molecule has 0 bridgehead atoms. The van der Waals surface area contributed by atoms with E-state index in [9.17, 15) is 4.79 Å². The van der Waals surface area contributed by atoms with Gasteiger partial charge in [-0.2, -0.15) is 0 Å². The van der Waals surface area contributed by atoms with Gasteiger partial charge in [0.15, 0.2) is 0 Å². The van der Waals surface area contributed by atoms with Crippen LogP contribution in [0.4, 0.5) is 4.79 Å². The highest BCUT2D eigenvalue weighted by Gasteiger charge is 2.22. The van der Waals surface area contributed by atoms with E-state index in [0.29, 0.717) is 0 Å². The Kier molecular flexibility index (Phi) is 9.26. The molecule has 0 N–H and O–H groups in total. The first-order chi connectivity index (χ1) is 10.8. The van der Waals surface area contributed by atoms with Gasteiger partial charge in [-0.15, -0.1) is 0 Å². The molecule has 134 valence electrons. The van der Waals surface area contributed by atoms with Gasteiger partial charge in [0, 0.05) is 18.9 Å². The van der Waals surface area contributed by atoms with E-state index in [2.05, 4.69) is 28.1 Å². The molecule has 0 atom stereocenters. The van der Waals surface area contributed by atoms with E-state index in [1.807, 2.05) is 27.8 Å². The first-order valence-electron chi connectivity index (χ1n) is 8.98. The van der Waals surface area contributed by atoms with E-state index in [1.165, 1.54) is 38.5 Å². The monoisotopic (exact) mass is 387 g/mol. The van der Waals surface area contributed by atoms with Crippen LogP contribution in [-0.4, -0.2) is 35.5 Å². The van der Waals surface area contributed by atoms with Crippen molar-refractivity contribution in [2.45, 2.75) is 71.3 Å². The second-order valence-corrected chi connectivity index (χ2v) is 8.52. The number of unbranched alkanes of at least 4 members (excludes halogenated alkanes) is 1. The van der Waals surface area contributed by atoms with Crippen molar-refractivity contribution in [2.24, 2.45) is 11.8 Å². The fraction of sp³-hybridized carbons (Fsp3) is 0.842. The van der Waals surface area contributed by atoms with Crippen LogP contribution in [0.5, 0.6) is 0 Å². The van der Waals surface area contributed by atoms with Crippen molar-refractivity contribution >= 4 is 22.0 Å². The molecule has 3 nitrogen and oxygen atoms in total. The van der Waals surface area contributed by atoms with Crippen LogP contribution < -0.4 is 0 Å². The number of allylic oxidation sites excluding steroid dienone is 2. The first kappa shape index (κ1) is 20.5. The molecule has 0 heterocycles. The molecule has 1 aliphatic carbocycles. The summed E-state index contributed by atoms with van der Waals surface area (Å²) in [6, 6.07) is 0. The van der Waals surface area contributed by atoms with Crippen molar-refractivity contribution in [3.8, 4) is 0 Å². The van der Waals surface area contributed by atoms with Gasteiger partial charge in [-0.1, -0.05) is 28.1 Å². The number of carbonyl (C=O) groups excluding carboxylic acids is 1. The second kappa shape index (κ2) is 10.4. The molecule has 0 spiro atoms. The lowest BCUT2D eigenvalue weighted by atomic mass is 9.80. The molecular weight excluding hydrogens is 354 g/mol. The summed E-state index contributed by atoms with van der Waals surface area (Å²) >= 11 is 3.47. The third kappa shape index (κ3) is 9.39. The Morgan fingerprint density at radius 3 is 2.48 bits per heavy atom. The SMILES string of the molecule is CN(CCC1CCC(/C=C\CCCBr)CC1)C(=O)OC(C)(C)C. The lowest BCUT2D eigenvalue weighted by Crippen LogP contribution is -2.35. The number of carbonyl (C=O) groups is 1. The van der Waals surface area contributed by atoms with Crippen molar-refractivity contribution in [1.82, 2.24) is 4.90 Å². The zero-order chi connectivity index (χ0) is 17.3. The number of amides is 1. The maximum atomic E-state index is 11.9. The molecule has 1 saturated carbocycles. The number of hydrogen-bond acceptors (Lipinski definition) is 2. The summed E-state index contributed by atoms with van der Waals surface area (Å²) in [6.07, 6.45) is 13.2. The van der Waals surface area contributed by atoms with Crippen LogP contribution in [0, 0.1) is 11.8 Å². The summed E-state index contributed by atoms with van der Waals surface area (Å²) in [5.41, 5.74) is -0.412. The highest BCUT2D eigenvalue weighted by Crippen LogP contribution is 2.31. The topological polar surface area (TPSA) is 29.5 Å². The van der Waals surface area contributed by atoms with Crippen molar-refractivity contribution in [3.63, 3.8) is 0 Å². The van der Waals surface area contributed by atoms with Crippen molar-refractivity contribution in [1.29, 1.82) is 0 Å². The van der Waals surface area contributed by atoms with Crippen LogP contribution in [0.3, 0.4) is 0 Å². The van der Waals surface area contributed by atoms with E-state index in [1.54, 1.807) is 4.90 Å². The van der Waals surface area contributed by atoms with Crippen LogP contribution in [0.25, 0.3) is 0 Å². The molecule has 1 rings (SSSR count). The Labute approximate surface area is 151 Å². The maximum absolute atomic E-state index is 11.9. The maximum Gasteiger partial charge on any atom is 0.410 e. The van der Waals surface area contributed by atoms with E-state index in [4.69, 9.17) is 4.74 Å². The number of rotatable bonds is 7. The Morgan fingerprint density at radius 2 is 1.91 bits per heavy atom. The quantitative estimate of drug-likeness (QED) is 0.314. The fourth-order valence-electron chi connectivity index (χ4n) is 2.96. The van der Waals surface area contributed by atoms with E-state index < -0.39 is 5.60 Å². The number of halogens is 1.